The third-order valence-electron chi connectivity index (χ3n) is 11.0. The molecular formula is C48H47BrN10O8. The quantitative estimate of drug-likeness (QED) is 0.131. The van der Waals surface area contributed by atoms with Gasteiger partial charge in [0.15, 0.2) is 23.3 Å². The average molecular weight is 972 g/mol. The number of hydrogen-bond donors (Lipinski definition) is 1. The molecule has 6 aromatic rings. The number of ether oxygens (including phenoxy) is 4. The maximum Gasteiger partial charge on any atom is 0.330 e. The van der Waals surface area contributed by atoms with Crippen molar-refractivity contribution in [3.8, 4) is 28.5 Å². The van der Waals surface area contributed by atoms with E-state index in [1.807, 2.05) is 64.4 Å². The van der Waals surface area contributed by atoms with Gasteiger partial charge in [-0.05, 0) is 74.5 Å². The van der Waals surface area contributed by atoms with Crippen LogP contribution in [0.1, 0.15) is 25.2 Å². The lowest BCUT2D eigenvalue weighted by Gasteiger charge is -2.55. The molecule has 10 rings (SSSR count). The molecule has 4 saturated heterocycles. The smallest absolute Gasteiger partial charge is 0.330 e. The first-order valence-corrected chi connectivity index (χ1v) is 22.3. The fourth-order valence-electron chi connectivity index (χ4n) is 7.61. The first-order valence-electron chi connectivity index (χ1n) is 21.5. The van der Waals surface area contributed by atoms with Gasteiger partial charge in [-0.25, -0.2) is 39.5 Å². The number of carbonyl (C=O) groups is 2. The van der Waals surface area contributed by atoms with E-state index < -0.39 is 11.9 Å². The highest BCUT2D eigenvalue weighted by Gasteiger charge is 2.51. The summed E-state index contributed by atoms with van der Waals surface area (Å²) in [6.45, 7) is 10.1. The van der Waals surface area contributed by atoms with E-state index in [1.54, 1.807) is 61.5 Å². The Balaban J connectivity index is 0.000000152. The van der Waals surface area contributed by atoms with Crippen LogP contribution >= 0.6 is 15.9 Å². The van der Waals surface area contributed by atoms with Crippen LogP contribution in [0.4, 0.5) is 11.6 Å². The Kier molecular flexibility index (Phi) is 14.5. The second-order valence-electron chi connectivity index (χ2n) is 16.2. The maximum atomic E-state index is 13.4. The number of esters is 2. The molecule has 4 aliphatic heterocycles. The summed E-state index contributed by atoms with van der Waals surface area (Å²) >= 11 is 3.38. The van der Waals surface area contributed by atoms with Gasteiger partial charge in [0, 0.05) is 96.8 Å². The maximum absolute atomic E-state index is 13.4. The highest BCUT2D eigenvalue weighted by Crippen LogP contribution is 2.40. The Morgan fingerprint density at radius 3 is 1.63 bits per heavy atom. The van der Waals surface area contributed by atoms with Crippen LogP contribution in [0.5, 0.6) is 0 Å². The van der Waals surface area contributed by atoms with Crippen molar-refractivity contribution in [2.75, 3.05) is 75.6 Å². The van der Waals surface area contributed by atoms with Crippen molar-refractivity contribution in [3.05, 3.63) is 147 Å². The summed E-state index contributed by atoms with van der Waals surface area (Å²) < 4.78 is 22.9. The minimum absolute atomic E-state index is 0.132. The first-order chi connectivity index (χ1) is 32.5. The molecule has 0 unspecified atom stereocenters. The van der Waals surface area contributed by atoms with Crippen molar-refractivity contribution in [2.45, 2.75) is 13.8 Å². The van der Waals surface area contributed by atoms with Crippen LogP contribution in [0.25, 0.3) is 40.6 Å². The number of aromatic nitrogens is 8. The Bertz CT molecular complexity index is 2840. The molecule has 8 heterocycles. The minimum Gasteiger partial charge on any atom is -0.463 e. The highest BCUT2D eigenvalue weighted by atomic mass is 79.9. The van der Waals surface area contributed by atoms with Gasteiger partial charge >= 0.3 is 11.9 Å². The fraction of sp³-hybridized carbons (Fsp3) is 0.292. The molecule has 0 aliphatic carbocycles. The number of rotatable bonds is 11. The zero-order valence-electron chi connectivity index (χ0n) is 36.8. The van der Waals surface area contributed by atoms with E-state index in [2.05, 4.69) is 50.8 Å². The number of anilines is 2. The van der Waals surface area contributed by atoms with Gasteiger partial charge in [-0.1, -0.05) is 28.1 Å². The summed E-state index contributed by atoms with van der Waals surface area (Å²) in [6.07, 6.45) is 15.7. The molecule has 67 heavy (non-hydrogen) atoms. The second kappa shape index (κ2) is 21.0. The normalized spacial score (nSPS) is 16.1. The van der Waals surface area contributed by atoms with E-state index in [0.29, 0.717) is 54.4 Å². The molecule has 4 aromatic heterocycles. The standard InChI is InChI=1S/C24H23N5O4.C14H17N3O4.C10H7BrN2/c1-2-33-20(30)9-6-18-12-29(19-7-4-17(5-8-19)21-25-10-3-11-26-21)23(31)22(27-18)28-13-24(14-28)15-32-16-24;1-2-21-11(18)4-3-10-5-15-13(19)12(16-10)17-6-14(7-17)8-20-9-14;11-9-4-2-8(3-5-9)10-12-6-1-7-13-10/h3-12H,2,13-16H2,1H3;3-5H,2,6-9H2,1H3,(H,15,19);1-7H/b9-6+;4-3+;. The van der Waals surface area contributed by atoms with Crippen molar-refractivity contribution in [3.63, 3.8) is 0 Å². The summed E-state index contributed by atoms with van der Waals surface area (Å²) in [7, 11) is 0. The van der Waals surface area contributed by atoms with E-state index in [-0.39, 0.29) is 28.6 Å². The van der Waals surface area contributed by atoms with Crippen LogP contribution in [0.3, 0.4) is 0 Å². The molecule has 19 heteroatoms. The monoisotopic (exact) mass is 970 g/mol. The Labute approximate surface area is 393 Å². The molecule has 0 bridgehead atoms. The Hall–Kier alpha value is -7.22. The lowest BCUT2D eigenvalue weighted by molar-refractivity contribution is -0.138. The molecule has 0 atom stereocenters. The van der Waals surface area contributed by atoms with Gasteiger partial charge in [0.05, 0.1) is 61.9 Å². The molecule has 344 valence electrons. The molecular weight excluding hydrogens is 924 g/mol. The number of H-pyrrole nitrogens is 1. The number of carbonyl (C=O) groups excluding carboxylic acids is 2. The first kappa shape index (κ1) is 46.3. The minimum atomic E-state index is -0.458. The SMILES string of the molecule is Brc1ccc(-c2ncccn2)cc1.CCOC(=O)/C=C/c1c[nH]c(=O)c(N2CC3(COC3)C2)n1.CCOC(=O)/C=C/c1cn(-c2ccc(-c3ncccn3)cc2)c(=O)c(N2CC3(COC3)C2)n1. The van der Waals surface area contributed by atoms with Gasteiger partial charge in [0.25, 0.3) is 11.1 Å². The van der Waals surface area contributed by atoms with Crippen LogP contribution in [0.15, 0.2) is 124 Å². The highest BCUT2D eigenvalue weighted by molar-refractivity contribution is 9.10. The van der Waals surface area contributed by atoms with Gasteiger partial charge in [-0.2, -0.15) is 0 Å². The largest absolute Gasteiger partial charge is 0.463 e. The number of aromatic amines is 1. The zero-order chi connectivity index (χ0) is 46.8. The topological polar surface area (TPSA) is 210 Å². The molecule has 0 radical (unpaired) electrons. The number of nitrogens with one attached hydrogen (secondary N) is 1. The molecule has 1 N–H and O–H groups in total. The van der Waals surface area contributed by atoms with Crippen LogP contribution in [-0.2, 0) is 28.5 Å². The van der Waals surface area contributed by atoms with Crippen molar-refractivity contribution >= 4 is 51.7 Å². The third kappa shape index (κ3) is 11.3. The molecule has 2 spiro atoms. The number of benzene rings is 2. The van der Waals surface area contributed by atoms with E-state index >= 15 is 0 Å². The predicted octanol–water partition coefficient (Wildman–Crippen LogP) is 5.19. The van der Waals surface area contributed by atoms with Crippen LogP contribution in [0.2, 0.25) is 0 Å². The number of hydrogen-bond acceptors (Lipinski definition) is 16. The molecule has 4 aliphatic rings. The summed E-state index contributed by atoms with van der Waals surface area (Å²) in [5.74, 6) is 1.22. The van der Waals surface area contributed by atoms with Crippen molar-refractivity contribution in [1.29, 1.82) is 0 Å². The zero-order valence-corrected chi connectivity index (χ0v) is 38.4. The predicted molar refractivity (Wildman–Crippen MR) is 253 cm³/mol. The van der Waals surface area contributed by atoms with Crippen LogP contribution in [0, 0.1) is 10.8 Å². The van der Waals surface area contributed by atoms with E-state index in [0.717, 1.165) is 60.8 Å². The molecule has 18 nitrogen and oxygen atoms in total. The summed E-state index contributed by atoms with van der Waals surface area (Å²) in [6, 6.07) is 18.9. The number of nitrogens with zero attached hydrogens (tertiary/aromatic N) is 9. The Morgan fingerprint density at radius 1 is 0.687 bits per heavy atom. The summed E-state index contributed by atoms with van der Waals surface area (Å²) in [5, 5.41) is 0. The summed E-state index contributed by atoms with van der Waals surface area (Å²) in [5.41, 5.74) is 3.46. The van der Waals surface area contributed by atoms with E-state index in [9.17, 15) is 19.2 Å². The third-order valence-corrected chi connectivity index (χ3v) is 11.6. The lowest BCUT2D eigenvalue weighted by atomic mass is 9.78. The van der Waals surface area contributed by atoms with Gasteiger partial charge in [0.1, 0.15) is 0 Å². The molecule has 0 saturated carbocycles. The van der Waals surface area contributed by atoms with Crippen molar-refractivity contribution in [1.82, 2.24) is 39.5 Å². The van der Waals surface area contributed by atoms with Gasteiger partial charge in [0.2, 0.25) is 0 Å². The summed E-state index contributed by atoms with van der Waals surface area (Å²) in [4.78, 5) is 80.5. The molecule has 4 fully saturated rings. The molecule has 2 aromatic carbocycles. The second-order valence-corrected chi connectivity index (χ2v) is 17.1. The Morgan fingerprint density at radius 2 is 1.15 bits per heavy atom. The van der Waals surface area contributed by atoms with E-state index in [4.69, 9.17) is 18.9 Å². The van der Waals surface area contributed by atoms with Gasteiger partial charge in [-0.3, -0.25) is 14.2 Å². The lowest BCUT2D eigenvalue weighted by Crippen LogP contribution is -2.67. The fourth-order valence-corrected chi connectivity index (χ4v) is 7.88. The van der Waals surface area contributed by atoms with Gasteiger partial charge < -0.3 is 33.7 Å². The van der Waals surface area contributed by atoms with Crippen LogP contribution < -0.4 is 20.9 Å². The van der Waals surface area contributed by atoms with Crippen molar-refractivity contribution < 1.29 is 28.5 Å². The van der Waals surface area contributed by atoms with E-state index in [1.165, 1.54) is 24.4 Å². The van der Waals surface area contributed by atoms with Gasteiger partial charge in [-0.15, -0.1) is 0 Å². The van der Waals surface area contributed by atoms with Crippen molar-refractivity contribution in [2.24, 2.45) is 10.8 Å². The van der Waals surface area contributed by atoms with Crippen LogP contribution in [-0.4, -0.2) is 117 Å². The average Bonchev–Trinajstić information content (AvgIpc) is 3.29. The number of halogens is 1. The molecule has 0 amide bonds.